The Hall–Kier alpha value is -3.43. The standard InChI is InChI=1S/C19H18F4N2O2.C2H5NO/c1-12(13-5-3-7-15(9-13)19(21,22)23)25-27-11-14-6-4-8-17(20)16(14)10-18(26)24-2;1-3-4-2/h3-9H,10-11H2,1-2H3,(H,24,26);1H2,2H3/b25-12+;. The number of amides is 1. The summed E-state index contributed by atoms with van der Waals surface area (Å²) in [6.07, 6.45) is -4.61. The predicted octanol–water partition coefficient (Wildman–Crippen LogP) is 4.32. The minimum Gasteiger partial charge on any atom is -0.400 e. The third kappa shape index (κ3) is 8.45. The van der Waals surface area contributed by atoms with Gasteiger partial charge in [-0.3, -0.25) is 4.79 Å². The maximum absolute atomic E-state index is 14.0. The second kappa shape index (κ2) is 12.3. The van der Waals surface area contributed by atoms with Crippen molar-refractivity contribution in [3.8, 4) is 0 Å². The zero-order chi connectivity index (χ0) is 23.4. The molecule has 1 amide bonds. The predicted molar refractivity (Wildman–Crippen MR) is 109 cm³/mol. The fraction of sp³-hybridized carbons (Fsp3) is 0.286. The van der Waals surface area contributed by atoms with Gasteiger partial charge in [0, 0.05) is 19.3 Å². The van der Waals surface area contributed by atoms with Crippen LogP contribution in [0.4, 0.5) is 17.6 Å². The lowest BCUT2D eigenvalue weighted by molar-refractivity contribution is -0.137. The molecule has 168 valence electrons. The minimum absolute atomic E-state index is 0.125. The van der Waals surface area contributed by atoms with Crippen LogP contribution in [0.1, 0.15) is 29.2 Å². The van der Waals surface area contributed by atoms with Crippen molar-refractivity contribution in [1.82, 2.24) is 5.32 Å². The van der Waals surface area contributed by atoms with Crippen molar-refractivity contribution in [3.05, 3.63) is 70.5 Å². The Labute approximate surface area is 177 Å². The number of likely N-dealkylation sites (N-methyl/N-ethyl adjacent to an activating group) is 1. The van der Waals surface area contributed by atoms with Gasteiger partial charge in [-0.1, -0.05) is 29.4 Å². The third-order valence-corrected chi connectivity index (χ3v) is 3.99. The topological polar surface area (TPSA) is 72.3 Å². The summed E-state index contributed by atoms with van der Waals surface area (Å²) in [4.78, 5) is 20.8. The van der Waals surface area contributed by atoms with E-state index < -0.39 is 17.6 Å². The van der Waals surface area contributed by atoms with E-state index in [1.54, 1.807) is 6.07 Å². The van der Waals surface area contributed by atoms with E-state index in [0.717, 1.165) is 12.1 Å². The number of nitrogens with one attached hydrogen (secondary N) is 1. The van der Waals surface area contributed by atoms with Crippen LogP contribution in [0, 0.1) is 5.82 Å². The first-order valence-electron chi connectivity index (χ1n) is 8.94. The first kappa shape index (κ1) is 25.6. The molecular weight excluding hydrogens is 418 g/mol. The van der Waals surface area contributed by atoms with Crippen LogP contribution in [-0.4, -0.2) is 32.5 Å². The smallest absolute Gasteiger partial charge is 0.400 e. The molecule has 0 bridgehead atoms. The molecule has 0 aromatic heterocycles. The molecule has 0 unspecified atom stereocenters. The van der Waals surface area contributed by atoms with Crippen molar-refractivity contribution < 1.29 is 32.0 Å². The molecule has 2 aromatic carbocycles. The number of halogens is 4. The molecule has 2 aromatic rings. The largest absolute Gasteiger partial charge is 0.416 e. The van der Waals surface area contributed by atoms with Gasteiger partial charge in [0.2, 0.25) is 5.91 Å². The molecule has 0 spiro atoms. The quantitative estimate of drug-likeness (QED) is 0.395. The number of carbonyl (C=O) groups excluding carboxylic acids is 1. The Morgan fingerprint density at radius 2 is 1.84 bits per heavy atom. The molecule has 6 nitrogen and oxygen atoms in total. The third-order valence-electron chi connectivity index (χ3n) is 3.99. The molecule has 10 heteroatoms. The molecule has 0 atom stereocenters. The van der Waals surface area contributed by atoms with E-state index in [1.165, 1.54) is 45.3 Å². The molecule has 31 heavy (non-hydrogen) atoms. The maximum atomic E-state index is 14.0. The molecule has 1 N–H and O–H groups in total. The monoisotopic (exact) mass is 441 g/mol. The second-order valence-corrected chi connectivity index (χ2v) is 6.07. The van der Waals surface area contributed by atoms with Crippen LogP contribution in [0.2, 0.25) is 0 Å². The number of nitrogens with zero attached hydrogens (tertiary/aromatic N) is 2. The van der Waals surface area contributed by atoms with E-state index in [2.05, 4.69) is 27.2 Å². The zero-order valence-corrected chi connectivity index (χ0v) is 17.3. The highest BCUT2D eigenvalue weighted by molar-refractivity contribution is 5.98. The first-order valence-corrected chi connectivity index (χ1v) is 8.94. The van der Waals surface area contributed by atoms with Crippen LogP contribution in [-0.2, 0) is 33.7 Å². The average molecular weight is 441 g/mol. The lowest BCUT2D eigenvalue weighted by atomic mass is 10.0. The molecule has 0 heterocycles. The highest BCUT2D eigenvalue weighted by atomic mass is 19.4. The van der Waals surface area contributed by atoms with Crippen LogP contribution in [0.15, 0.2) is 52.8 Å². The van der Waals surface area contributed by atoms with Gasteiger partial charge in [0.25, 0.3) is 0 Å². The molecule has 0 aliphatic rings. The number of hydrogen-bond donors (Lipinski definition) is 1. The Bertz CT molecular complexity index is 915. The van der Waals surface area contributed by atoms with Gasteiger partial charge < -0.3 is 15.0 Å². The molecule has 0 saturated carbocycles. The Balaban J connectivity index is 0.00000110. The number of hydrogen-bond acceptors (Lipinski definition) is 5. The summed E-state index contributed by atoms with van der Waals surface area (Å²) in [6, 6.07) is 9.01. The summed E-state index contributed by atoms with van der Waals surface area (Å²) >= 11 is 0. The van der Waals surface area contributed by atoms with Crippen molar-refractivity contribution >= 4 is 18.3 Å². The van der Waals surface area contributed by atoms with Crippen LogP contribution in [0.5, 0.6) is 0 Å². The molecule has 0 aliphatic carbocycles. The van der Waals surface area contributed by atoms with Gasteiger partial charge in [0.1, 0.15) is 19.5 Å². The van der Waals surface area contributed by atoms with Crippen molar-refractivity contribution in [2.24, 2.45) is 10.3 Å². The number of benzene rings is 2. The second-order valence-electron chi connectivity index (χ2n) is 6.07. The fourth-order valence-corrected chi connectivity index (χ4v) is 2.36. The normalized spacial score (nSPS) is 11.1. The van der Waals surface area contributed by atoms with Crippen molar-refractivity contribution in [1.29, 1.82) is 0 Å². The van der Waals surface area contributed by atoms with Crippen LogP contribution < -0.4 is 5.32 Å². The Morgan fingerprint density at radius 1 is 1.19 bits per heavy atom. The number of carbonyl (C=O) groups is 1. The average Bonchev–Trinajstić information content (AvgIpc) is 2.75. The fourth-order valence-electron chi connectivity index (χ4n) is 2.36. The van der Waals surface area contributed by atoms with Crippen molar-refractivity contribution in [3.63, 3.8) is 0 Å². The summed E-state index contributed by atoms with van der Waals surface area (Å²) < 4.78 is 52.3. The number of alkyl halides is 3. The molecular formula is C21H23F4N3O3. The molecule has 0 saturated heterocycles. The minimum atomic E-state index is -4.45. The van der Waals surface area contributed by atoms with E-state index in [9.17, 15) is 22.4 Å². The number of oxime groups is 2. The lowest BCUT2D eigenvalue weighted by Crippen LogP contribution is -2.21. The highest BCUT2D eigenvalue weighted by Gasteiger charge is 2.30. The summed E-state index contributed by atoms with van der Waals surface area (Å²) in [5.74, 6) is -0.900. The van der Waals surface area contributed by atoms with E-state index in [-0.39, 0.29) is 35.8 Å². The van der Waals surface area contributed by atoms with E-state index in [4.69, 9.17) is 4.84 Å². The van der Waals surface area contributed by atoms with Crippen LogP contribution >= 0.6 is 0 Å². The van der Waals surface area contributed by atoms with E-state index >= 15 is 0 Å². The van der Waals surface area contributed by atoms with Crippen molar-refractivity contribution in [2.45, 2.75) is 26.1 Å². The van der Waals surface area contributed by atoms with Gasteiger partial charge in [0.05, 0.1) is 17.7 Å². The Kier molecular flexibility index (Phi) is 10.2. The van der Waals surface area contributed by atoms with Gasteiger partial charge in [-0.05, 0) is 36.2 Å². The zero-order valence-electron chi connectivity index (χ0n) is 17.3. The SMILES string of the molecule is C=NOC.CNC(=O)Cc1c(F)cccc1CO/N=C(\C)c1cccc(C(F)(F)F)c1. The highest BCUT2D eigenvalue weighted by Crippen LogP contribution is 2.29. The molecule has 0 fully saturated rings. The lowest BCUT2D eigenvalue weighted by Gasteiger charge is -2.10. The summed E-state index contributed by atoms with van der Waals surface area (Å²) in [5, 5.41) is 9.21. The molecule has 0 radical (unpaired) electrons. The summed E-state index contributed by atoms with van der Waals surface area (Å²) in [7, 11) is 2.90. The van der Waals surface area contributed by atoms with Gasteiger partial charge in [0.15, 0.2) is 0 Å². The van der Waals surface area contributed by atoms with Gasteiger partial charge in [-0.2, -0.15) is 13.2 Å². The Morgan fingerprint density at radius 3 is 2.42 bits per heavy atom. The first-order chi connectivity index (χ1) is 14.6. The maximum Gasteiger partial charge on any atom is 0.416 e. The van der Waals surface area contributed by atoms with Gasteiger partial charge in [-0.25, -0.2) is 4.39 Å². The summed E-state index contributed by atoms with van der Waals surface area (Å²) in [6.45, 7) is 4.39. The van der Waals surface area contributed by atoms with Crippen LogP contribution in [0.3, 0.4) is 0 Å². The number of rotatable bonds is 7. The summed E-state index contributed by atoms with van der Waals surface area (Å²) in [5.41, 5.74) is 0.329. The van der Waals surface area contributed by atoms with Crippen LogP contribution in [0.25, 0.3) is 0 Å². The van der Waals surface area contributed by atoms with Gasteiger partial charge >= 0.3 is 6.18 Å². The molecule has 2 rings (SSSR count). The molecule has 0 aliphatic heterocycles. The van der Waals surface area contributed by atoms with Gasteiger partial charge in [-0.15, -0.1) is 5.16 Å². The van der Waals surface area contributed by atoms with E-state index in [0.29, 0.717) is 5.56 Å². The van der Waals surface area contributed by atoms with E-state index in [1.807, 2.05) is 0 Å². The van der Waals surface area contributed by atoms with Crippen molar-refractivity contribution in [2.75, 3.05) is 14.2 Å².